The van der Waals surface area contributed by atoms with Crippen LogP contribution < -0.4 is 10.1 Å². The molecule has 0 fully saturated rings. The third-order valence-electron chi connectivity index (χ3n) is 2.54. The summed E-state index contributed by atoms with van der Waals surface area (Å²) in [5, 5.41) is 3.37. The van der Waals surface area contributed by atoms with E-state index in [-0.39, 0.29) is 0 Å². The lowest BCUT2D eigenvalue weighted by molar-refractivity contribution is 0.305. The standard InChI is InChI=1S/C14H23NO/c1-3-10-15-11-7-12-16-14-9-6-5-8-13(14)4-2/h5-6,8-9,15H,3-4,7,10-12H2,1-2H3. The summed E-state index contributed by atoms with van der Waals surface area (Å²) in [7, 11) is 0. The van der Waals surface area contributed by atoms with Crippen LogP contribution in [-0.2, 0) is 6.42 Å². The molecule has 2 nitrogen and oxygen atoms in total. The van der Waals surface area contributed by atoms with Gasteiger partial charge in [0, 0.05) is 0 Å². The van der Waals surface area contributed by atoms with Crippen LogP contribution in [0.2, 0.25) is 0 Å². The summed E-state index contributed by atoms with van der Waals surface area (Å²) < 4.78 is 5.77. The van der Waals surface area contributed by atoms with E-state index in [9.17, 15) is 0 Å². The zero-order valence-corrected chi connectivity index (χ0v) is 10.5. The number of hydrogen-bond donors (Lipinski definition) is 1. The fourth-order valence-electron chi connectivity index (χ4n) is 1.62. The number of benzene rings is 1. The van der Waals surface area contributed by atoms with E-state index >= 15 is 0 Å². The van der Waals surface area contributed by atoms with Gasteiger partial charge in [0.1, 0.15) is 5.75 Å². The van der Waals surface area contributed by atoms with Crippen LogP contribution in [0.15, 0.2) is 24.3 Å². The minimum Gasteiger partial charge on any atom is -0.493 e. The second-order valence-corrected chi connectivity index (χ2v) is 3.91. The number of aryl methyl sites for hydroxylation is 1. The fraction of sp³-hybridized carbons (Fsp3) is 0.571. The maximum atomic E-state index is 5.77. The molecule has 2 heteroatoms. The molecule has 0 aliphatic rings. The first-order valence-corrected chi connectivity index (χ1v) is 6.30. The van der Waals surface area contributed by atoms with Crippen LogP contribution in [0.4, 0.5) is 0 Å². The summed E-state index contributed by atoms with van der Waals surface area (Å²) >= 11 is 0. The largest absolute Gasteiger partial charge is 0.493 e. The molecule has 0 spiro atoms. The predicted molar refractivity (Wildman–Crippen MR) is 69.1 cm³/mol. The van der Waals surface area contributed by atoms with Gasteiger partial charge in [-0.05, 0) is 44.0 Å². The molecule has 1 aromatic carbocycles. The van der Waals surface area contributed by atoms with Gasteiger partial charge in [-0.2, -0.15) is 0 Å². The summed E-state index contributed by atoms with van der Waals surface area (Å²) in [6.45, 7) is 7.29. The van der Waals surface area contributed by atoms with Crippen LogP contribution in [0, 0.1) is 0 Å². The van der Waals surface area contributed by atoms with E-state index in [1.54, 1.807) is 0 Å². The minimum absolute atomic E-state index is 0.799. The number of para-hydroxylation sites is 1. The topological polar surface area (TPSA) is 21.3 Å². The molecule has 0 amide bonds. The Morgan fingerprint density at radius 1 is 1.12 bits per heavy atom. The van der Waals surface area contributed by atoms with Crippen molar-refractivity contribution in [2.75, 3.05) is 19.7 Å². The van der Waals surface area contributed by atoms with Crippen molar-refractivity contribution >= 4 is 0 Å². The molecule has 1 aromatic rings. The second kappa shape index (κ2) is 8.17. The van der Waals surface area contributed by atoms with Gasteiger partial charge in [0.25, 0.3) is 0 Å². The van der Waals surface area contributed by atoms with Crippen LogP contribution in [0.25, 0.3) is 0 Å². The Labute approximate surface area is 99.0 Å². The first kappa shape index (κ1) is 13.0. The van der Waals surface area contributed by atoms with E-state index in [1.807, 2.05) is 6.07 Å². The Balaban J connectivity index is 2.21. The van der Waals surface area contributed by atoms with Gasteiger partial charge in [-0.15, -0.1) is 0 Å². The van der Waals surface area contributed by atoms with Gasteiger partial charge in [0.05, 0.1) is 6.61 Å². The van der Waals surface area contributed by atoms with Crippen molar-refractivity contribution in [2.45, 2.75) is 33.1 Å². The third-order valence-corrected chi connectivity index (χ3v) is 2.54. The van der Waals surface area contributed by atoms with Crippen LogP contribution in [0.5, 0.6) is 5.75 Å². The second-order valence-electron chi connectivity index (χ2n) is 3.91. The molecule has 16 heavy (non-hydrogen) atoms. The van der Waals surface area contributed by atoms with Gasteiger partial charge in [0.2, 0.25) is 0 Å². The van der Waals surface area contributed by atoms with Gasteiger partial charge in [0.15, 0.2) is 0 Å². The molecule has 0 heterocycles. The first-order valence-electron chi connectivity index (χ1n) is 6.30. The highest BCUT2D eigenvalue weighted by Gasteiger charge is 1.99. The number of rotatable bonds is 8. The average Bonchev–Trinajstić information content (AvgIpc) is 2.34. The molecule has 0 aliphatic carbocycles. The highest BCUT2D eigenvalue weighted by atomic mass is 16.5. The van der Waals surface area contributed by atoms with Crippen molar-refractivity contribution in [1.29, 1.82) is 0 Å². The molecule has 1 rings (SSSR count). The summed E-state index contributed by atoms with van der Waals surface area (Å²) in [6.07, 6.45) is 3.29. The summed E-state index contributed by atoms with van der Waals surface area (Å²) in [4.78, 5) is 0. The summed E-state index contributed by atoms with van der Waals surface area (Å²) in [6, 6.07) is 8.28. The van der Waals surface area contributed by atoms with Crippen molar-refractivity contribution in [3.63, 3.8) is 0 Å². The molecule has 0 aromatic heterocycles. The smallest absolute Gasteiger partial charge is 0.122 e. The van der Waals surface area contributed by atoms with Gasteiger partial charge in [-0.1, -0.05) is 32.0 Å². The van der Waals surface area contributed by atoms with Gasteiger partial charge in [-0.3, -0.25) is 0 Å². The molecule has 0 saturated carbocycles. The lowest BCUT2D eigenvalue weighted by Gasteiger charge is -2.10. The van der Waals surface area contributed by atoms with Crippen LogP contribution >= 0.6 is 0 Å². The van der Waals surface area contributed by atoms with Crippen molar-refractivity contribution in [2.24, 2.45) is 0 Å². The molecule has 0 aliphatic heterocycles. The molecule has 0 unspecified atom stereocenters. The molecule has 0 bridgehead atoms. The molecular weight excluding hydrogens is 198 g/mol. The Morgan fingerprint density at radius 2 is 1.94 bits per heavy atom. The maximum absolute atomic E-state index is 5.77. The van der Waals surface area contributed by atoms with Crippen molar-refractivity contribution < 1.29 is 4.74 Å². The van der Waals surface area contributed by atoms with Gasteiger partial charge >= 0.3 is 0 Å². The molecule has 1 N–H and O–H groups in total. The number of hydrogen-bond acceptors (Lipinski definition) is 2. The SMILES string of the molecule is CCCNCCCOc1ccccc1CC. The Kier molecular flexibility index (Phi) is 6.66. The summed E-state index contributed by atoms with van der Waals surface area (Å²) in [5.41, 5.74) is 1.30. The molecule has 0 atom stereocenters. The fourth-order valence-corrected chi connectivity index (χ4v) is 1.62. The van der Waals surface area contributed by atoms with Crippen molar-refractivity contribution in [3.05, 3.63) is 29.8 Å². The minimum atomic E-state index is 0.799. The average molecular weight is 221 g/mol. The van der Waals surface area contributed by atoms with Gasteiger partial charge < -0.3 is 10.1 Å². The molecule has 0 radical (unpaired) electrons. The molecule has 90 valence electrons. The first-order chi connectivity index (χ1) is 7.88. The molecular formula is C14H23NO. The van der Waals surface area contributed by atoms with E-state index < -0.39 is 0 Å². The Morgan fingerprint density at radius 3 is 2.69 bits per heavy atom. The maximum Gasteiger partial charge on any atom is 0.122 e. The van der Waals surface area contributed by atoms with Crippen molar-refractivity contribution in [3.8, 4) is 5.75 Å². The lowest BCUT2D eigenvalue weighted by Crippen LogP contribution is -2.18. The zero-order chi connectivity index (χ0) is 11.6. The highest BCUT2D eigenvalue weighted by Crippen LogP contribution is 2.18. The van der Waals surface area contributed by atoms with Crippen molar-refractivity contribution in [1.82, 2.24) is 5.32 Å². The molecule has 0 saturated heterocycles. The normalized spacial score (nSPS) is 10.4. The van der Waals surface area contributed by atoms with E-state index in [0.29, 0.717) is 0 Å². The zero-order valence-electron chi connectivity index (χ0n) is 10.5. The Bertz CT molecular complexity index is 286. The third kappa shape index (κ3) is 4.67. The van der Waals surface area contributed by atoms with Crippen LogP contribution in [-0.4, -0.2) is 19.7 Å². The lowest BCUT2D eigenvalue weighted by atomic mass is 10.1. The van der Waals surface area contributed by atoms with Crippen LogP contribution in [0.1, 0.15) is 32.3 Å². The van der Waals surface area contributed by atoms with Crippen LogP contribution in [0.3, 0.4) is 0 Å². The highest BCUT2D eigenvalue weighted by molar-refractivity contribution is 5.33. The van der Waals surface area contributed by atoms with E-state index in [4.69, 9.17) is 4.74 Å². The monoisotopic (exact) mass is 221 g/mol. The predicted octanol–water partition coefficient (Wildman–Crippen LogP) is 3.02. The number of ether oxygens (including phenoxy) is 1. The van der Waals surface area contributed by atoms with Gasteiger partial charge in [-0.25, -0.2) is 0 Å². The summed E-state index contributed by atoms with van der Waals surface area (Å²) in [5.74, 6) is 1.04. The Hall–Kier alpha value is -1.02. The van der Waals surface area contributed by atoms with E-state index in [2.05, 4.69) is 37.4 Å². The van der Waals surface area contributed by atoms with E-state index in [0.717, 1.165) is 38.3 Å². The number of nitrogens with one attached hydrogen (secondary N) is 1. The quantitative estimate of drug-likeness (QED) is 0.681. The van der Waals surface area contributed by atoms with E-state index in [1.165, 1.54) is 12.0 Å².